The molecule has 0 saturated heterocycles. The summed E-state index contributed by atoms with van der Waals surface area (Å²) in [5.41, 5.74) is 1.53. The summed E-state index contributed by atoms with van der Waals surface area (Å²) >= 11 is 0. The third-order valence-corrected chi connectivity index (χ3v) is 2.06. The van der Waals surface area contributed by atoms with E-state index in [9.17, 15) is 0 Å². The smallest absolute Gasteiger partial charge is 0.147 e. The van der Waals surface area contributed by atoms with Gasteiger partial charge in [0, 0.05) is 18.1 Å². The van der Waals surface area contributed by atoms with Crippen LogP contribution in [0.2, 0.25) is 0 Å². The standard InChI is InChI=1S/C12H10N4/c13-8-10-3-1-4-11(7-10)16-9-12-14-5-2-6-15-12/h1-7,16H,9H2. The van der Waals surface area contributed by atoms with E-state index >= 15 is 0 Å². The van der Waals surface area contributed by atoms with Crippen LogP contribution in [-0.2, 0) is 6.54 Å². The number of nitriles is 1. The largest absolute Gasteiger partial charge is 0.378 e. The first-order chi connectivity index (χ1) is 7.88. The normalized spacial score (nSPS) is 9.44. The van der Waals surface area contributed by atoms with Crippen LogP contribution in [0.25, 0.3) is 0 Å². The van der Waals surface area contributed by atoms with E-state index in [0.29, 0.717) is 12.1 Å². The zero-order valence-corrected chi connectivity index (χ0v) is 8.59. The highest BCUT2D eigenvalue weighted by Gasteiger charge is 1.96. The third-order valence-electron chi connectivity index (χ3n) is 2.06. The number of rotatable bonds is 3. The maximum atomic E-state index is 8.74. The number of nitrogens with one attached hydrogen (secondary N) is 1. The van der Waals surface area contributed by atoms with Crippen molar-refractivity contribution >= 4 is 5.69 Å². The Kier molecular flexibility index (Phi) is 3.10. The first-order valence-corrected chi connectivity index (χ1v) is 4.88. The van der Waals surface area contributed by atoms with Gasteiger partial charge in [-0.3, -0.25) is 0 Å². The molecule has 0 atom stereocenters. The van der Waals surface area contributed by atoms with Crippen LogP contribution in [0, 0.1) is 11.3 Å². The topological polar surface area (TPSA) is 61.6 Å². The second kappa shape index (κ2) is 4.89. The highest BCUT2D eigenvalue weighted by Crippen LogP contribution is 2.10. The summed E-state index contributed by atoms with van der Waals surface area (Å²) in [6.45, 7) is 0.551. The average molecular weight is 210 g/mol. The van der Waals surface area contributed by atoms with Crippen molar-refractivity contribution in [2.24, 2.45) is 0 Å². The summed E-state index contributed by atoms with van der Waals surface area (Å²) in [5, 5.41) is 11.9. The van der Waals surface area contributed by atoms with Crippen LogP contribution < -0.4 is 5.32 Å². The zero-order valence-electron chi connectivity index (χ0n) is 8.59. The van der Waals surface area contributed by atoms with Crippen LogP contribution in [0.5, 0.6) is 0 Å². The molecule has 0 amide bonds. The van der Waals surface area contributed by atoms with Crippen molar-refractivity contribution < 1.29 is 0 Å². The number of anilines is 1. The molecule has 16 heavy (non-hydrogen) atoms. The molecular formula is C12H10N4. The van der Waals surface area contributed by atoms with Crippen molar-refractivity contribution in [3.63, 3.8) is 0 Å². The maximum absolute atomic E-state index is 8.74. The average Bonchev–Trinajstić information content (AvgIpc) is 2.38. The molecule has 1 heterocycles. The van der Waals surface area contributed by atoms with Gasteiger partial charge in [0.1, 0.15) is 5.82 Å². The van der Waals surface area contributed by atoms with Gasteiger partial charge in [-0.05, 0) is 24.3 Å². The molecule has 0 radical (unpaired) electrons. The fraction of sp³-hybridized carbons (Fsp3) is 0.0833. The Morgan fingerprint density at radius 3 is 2.75 bits per heavy atom. The monoisotopic (exact) mass is 210 g/mol. The summed E-state index contributed by atoms with van der Waals surface area (Å²) in [7, 11) is 0. The quantitative estimate of drug-likeness (QED) is 0.841. The van der Waals surface area contributed by atoms with Gasteiger partial charge < -0.3 is 5.32 Å². The van der Waals surface area contributed by atoms with Crippen LogP contribution >= 0.6 is 0 Å². The highest BCUT2D eigenvalue weighted by molar-refractivity contribution is 5.49. The van der Waals surface area contributed by atoms with E-state index < -0.39 is 0 Å². The molecule has 0 aliphatic heterocycles. The molecule has 0 unspecified atom stereocenters. The predicted molar refractivity (Wildman–Crippen MR) is 60.5 cm³/mol. The molecule has 0 fully saturated rings. The SMILES string of the molecule is N#Cc1cccc(NCc2ncccn2)c1. The molecule has 1 N–H and O–H groups in total. The van der Waals surface area contributed by atoms with Crippen molar-refractivity contribution in [3.8, 4) is 6.07 Å². The summed E-state index contributed by atoms with van der Waals surface area (Å²) in [5.74, 6) is 0.727. The summed E-state index contributed by atoms with van der Waals surface area (Å²) in [4.78, 5) is 8.20. The Morgan fingerprint density at radius 2 is 2.00 bits per heavy atom. The van der Waals surface area contributed by atoms with E-state index in [4.69, 9.17) is 5.26 Å². The molecule has 0 bridgehead atoms. The highest BCUT2D eigenvalue weighted by atomic mass is 15.0. The van der Waals surface area contributed by atoms with Crippen LogP contribution in [0.4, 0.5) is 5.69 Å². The molecule has 0 aliphatic carbocycles. The maximum Gasteiger partial charge on any atom is 0.147 e. The van der Waals surface area contributed by atoms with Gasteiger partial charge in [-0.15, -0.1) is 0 Å². The van der Waals surface area contributed by atoms with E-state index in [-0.39, 0.29) is 0 Å². The van der Waals surface area contributed by atoms with Crippen LogP contribution in [0.1, 0.15) is 11.4 Å². The molecule has 1 aromatic heterocycles. The Hall–Kier alpha value is -2.41. The van der Waals surface area contributed by atoms with E-state index in [1.807, 2.05) is 12.1 Å². The fourth-order valence-corrected chi connectivity index (χ4v) is 1.30. The van der Waals surface area contributed by atoms with Gasteiger partial charge in [-0.1, -0.05) is 6.07 Å². The molecule has 0 saturated carbocycles. The number of nitrogens with zero attached hydrogens (tertiary/aromatic N) is 3. The van der Waals surface area contributed by atoms with Gasteiger partial charge in [0.25, 0.3) is 0 Å². The van der Waals surface area contributed by atoms with Crippen LogP contribution in [0.3, 0.4) is 0 Å². The molecule has 2 aromatic rings. The number of aromatic nitrogens is 2. The first kappa shape index (κ1) is 10.1. The van der Waals surface area contributed by atoms with E-state index in [1.54, 1.807) is 30.6 Å². The van der Waals surface area contributed by atoms with Crippen molar-refractivity contribution in [2.75, 3.05) is 5.32 Å². The molecule has 4 nitrogen and oxygen atoms in total. The van der Waals surface area contributed by atoms with E-state index in [0.717, 1.165) is 11.5 Å². The second-order valence-electron chi connectivity index (χ2n) is 3.21. The van der Waals surface area contributed by atoms with Gasteiger partial charge in [0.15, 0.2) is 0 Å². The summed E-state index contributed by atoms with van der Waals surface area (Å²) in [6.07, 6.45) is 3.41. The van der Waals surface area contributed by atoms with Gasteiger partial charge in [-0.25, -0.2) is 9.97 Å². The number of benzene rings is 1. The Balaban J connectivity index is 2.03. The minimum atomic E-state index is 0.551. The lowest BCUT2D eigenvalue weighted by Crippen LogP contribution is -2.03. The van der Waals surface area contributed by atoms with Gasteiger partial charge in [-0.2, -0.15) is 5.26 Å². The van der Waals surface area contributed by atoms with Crippen molar-refractivity contribution in [3.05, 3.63) is 54.1 Å². The first-order valence-electron chi connectivity index (χ1n) is 4.88. The zero-order chi connectivity index (χ0) is 11.2. The lowest BCUT2D eigenvalue weighted by atomic mass is 10.2. The van der Waals surface area contributed by atoms with Crippen molar-refractivity contribution in [1.29, 1.82) is 5.26 Å². The lowest BCUT2D eigenvalue weighted by molar-refractivity contribution is 0.948. The molecule has 0 aliphatic rings. The third kappa shape index (κ3) is 2.55. The second-order valence-corrected chi connectivity index (χ2v) is 3.21. The minimum absolute atomic E-state index is 0.551. The Bertz CT molecular complexity index is 502. The Labute approximate surface area is 93.6 Å². The van der Waals surface area contributed by atoms with Gasteiger partial charge in [0.2, 0.25) is 0 Å². The van der Waals surface area contributed by atoms with Gasteiger partial charge >= 0.3 is 0 Å². The molecule has 78 valence electrons. The Morgan fingerprint density at radius 1 is 1.19 bits per heavy atom. The van der Waals surface area contributed by atoms with Gasteiger partial charge in [0.05, 0.1) is 18.2 Å². The van der Waals surface area contributed by atoms with Crippen molar-refractivity contribution in [2.45, 2.75) is 6.54 Å². The summed E-state index contributed by atoms with van der Waals surface area (Å²) in [6, 6.07) is 11.2. The molecule has 4 heteroatoms. The lowest BCUT2D eigenvalue weighted by Gasteiger charge is -2.04. The summed E-state index contributed by atoms with van der Waals surface area (Å²) < 4.78 is 0. The number of hydrogen-bond donors (Lipinski definition) is 1. The predicted octanol–water partition coefficient (Wildman–Crippen LogP) is 1.96. The van der Waals surface area contributed by atoms with Crippen LogP contribution in [-0.4, -0.2) is 9.97 Å². The fourth-order valence-electron chi connectivity index (χ4n) is 1.30. The molecule has 1 aromatic carbocycles. The minimum Gasteiger partial charge on any atom is -0.378 e. The molecular weight excluding hydrogens is 200 g/mol. The van der Waals surface area contributed by atoms with E-state index in [1.165, 1.54) is 0 Å². The van der Waals surface area contributed by atoms with Crippen molar-refractivity contribution in [1.82, 2.24) is 9.97 Å². The molecule has 0 spiro atoms. The van der Waals surface area contributed by atoms with E-state index in [2.05, 4.69) is 21.4 Å². The molecule has 2 rings (SSSR count). The number of hydrogen-bond acceptors (Lipinski definition) is 4. The van der Waals surface area contributed by atoms with Crippen LogP contribution in [0.15, 0.2) is 42.7 Å².